The van der Waals surface area contributed by atoms with Crippen molar-refractivity contribution < 1.29 is 9.59 Å². The van der Waals surface area contributed by atoms with E-state index >= 15 is 0 Å². The van der Waals surface area contributed by atoms with E-state index in [-0.39, 0.29) is 0 Å². The smallest absolute Gasteiger partial charge is 0.325 e. The molecule has 11 heavy (non-hydrogen) atoms. The lowest BCUT2D eigenvalue weighted by Gasteiger charge is -2.10. The van der Waals surface area contributed by atoms with Crippen molar-refractivity contribution in [3.63, 3.8) is 0 Å². The third kappa shape index (κ3) is 3.38. The number of carbonyl (C=O) groups is 2. The summed E-state index contributed by atoms with van der Waals surface area (Å²) in [5.41, 5.74) is 3.68. The van der Waals surface area contributed by atoms with Crippen LogP contribution in [0.5, 0.6) is 0 Å². The lowest BCUT2D eigenvalue weighted by atomic mass is 10.3. The second kappa shape index (κ2) is 4.47. The van der Waals surface area contributed by atoms with Crippen molar-refractivity contribution in [1.82, 2.24) is 16.2 Å². The number of hydrogen-bond donors (Lipinski definition) is 5. The molecule has 0 aliphatic heterocycles. The maximum atomic E-state index is 10.6. The van der Waals surface area contributed by atoms with Gasteiger partial charge in [-0.25, -0.2) is 16.5 Å². The van der Waals surface area contributed by atoms with Crippen LogP contribution in [0.15, 0.2) is 0 Å². The highest BCUT2D eigenvalue weighted by atomic mass is 16.2. The van der Waals surface area contributed by atoms with E-state index in [9.17, 15) is 9.59 Å². The van der Waals surface area contributed by atoms with Gasteiger partial charge < -0.3 is 5.32 Å². The molecule has 0 heterocycles. The van der Waals surface area contributed by atoms with Crippen LogP contribution in [0.3, 0.4) is 0 Å². The molecule has 0 aliphatic rings. The molecule has 1 unspecified atom stereocenters. The van der Waals surface area contributed by atoms with E-state index in [1.54, 1.807) is 5.43 Å². The lowest BCUT2D eigenvalue weighted by molar-refractivity contribution is -0.122. The van der Waals surface area contributed by atoms with Crippen molar-refractivity contribution in [2.24, 2.45) is 11.7 Å². The summed E-state index contributed by atoms with van der Waals surface area (Å²) in [5, 5.41) is 2.21. The van der Waals surface area contributed by atoms with E-state index in [1.165, 1.54) is 6.92 Å². The molecule has 3 amide bonds. The normalized spacial score (nSPS) is 11.5. The van der Waals surface area contributed by atoms with Gasteiger partial charge in [0.25, 0.3) is 5.91 Å². The fraction of sp³-hybridized carbons (Fsp3) is 0.500. The van der Waals surface area contributed by atoms with Crippen LogP contribution in [-0.2, 0) is 4.79 Å². The van der Waals surface area contributed by atoms with Gasteiger partial charge in [0, 0.05) is 0 Å². The number of hydrazine groups is 2. The van der Waals surface area contributed by atoms with Crippen molar-refractivity contribution in [2.75, 3.05) is 0 Å². The van der Waals surface area contributed by atoms with E-state index in [4.69, 9.17) is 11.7 Å². The third-order valence-electron chi connectivity index (χ3n) is 1.01. The molecule has 0 aromatic heterocycles. The van der Waals surface area contributed by atoms with Crippen molar-refractivity contribution in [3.8, 4) is 0 Å². The molecule has 0 saturated carbocycles. The molecule has 0 aliphatic carbocycles. The molecular formula is C4H11N5O2. The summed E-state index contributed by atoms with van der Waals surface area (Å²) < 4.78 is 0. The molecule has 7 heteroatoms. The first-order chi connectivity index (χ1) is 5.11. The maximum Gasteiger partial charge on any atom is 0.329 e. The second-order valence-corrected chi connectivity index (χ2v) is 1.85. The molecule has 0 bridgehead atoms. The Hall–Kier alpha value is -1.34. The van der Waals surface area contributed by atoms with Crippen LogP contribution >= 0.6 is 0 Å². The van der Waals surface area contributed by atoms with Gasteiger partial charge in [-0.05, 0) is 6.92 Å². The van der Waals surface area contributed by atoms with Crippen LogP contribution in [0, 0.1) is 0 Å². The van der Waals surface area contributed by atoms with Crippen LogP contribution in [-0.4, -0.2) is 18.0 Å². The highest BCUT2D eigenvalue weighted by molar-refractivity contribution is 5.85. The number of nitrogens with two attached hydrogens (primary N) is 2. The maximum absolute atomic E-state index is 10.6. The Morgan fingerprint density at radius 2 is 1.82 bits per heavy atom. The minimum absolute atomic E-state index is 0.492. The predicted molar refractivity (Wildman–Crippen MR) is 37.6 cm³/mol. The van der Waals surface area contributed by atoms with Gasteiger partial charge >= 0.3 is 6.03 Å². The van der Waals surface area contributed by atoms with E-state index in [2.05, 4.69) is 5.32 Å². The molecule has 0 radical (unpaired) electrons. The fourth-order valence-corrected chi connectivity index (χ4v) is 0.429. The zero-order valence-electron chi connectivity index (χ0n) is 6.05. The second-order valence-electron chi connectivity index (χ2n) is 1.85. The molecule has 1 atom stereocenters. The van der Waals surface area contributed by atoms with Gasteiger partial charge in [0.1, 0.15) is 6.04 Å². The summed E-state index contributed by atoms with van der Waals surface area (Å²) in [5.74, 6) is 9.03. The van der Waals surface area contributed by atoms with Gasteiger partial charge in [-0.1, -0.05) is 0 Å². The molecule has 0 saturated heterocycles. The minimum atomic E-state index is -0.705. The Balaban J connectivity index is 3.77. The summed E-state index contributed by atoms with van der Waals surface area (Å²) in [6.45, 7) is 1.47. The first-order valence-electron chi connectivity index (χ1n) is 2.89. The Morgan fingerprint density at radius 1 is 1.27 bits per heavy atom. The first-order valence-corrected chi connectivity index (χ1v) is 2.89. The van der Waals surface area contributed by atoms with Gasteiger partial charge in [-0.15, -0.1) is 0 Å². The lowest BCUT2D eigenvalue weighted by Crippen LogP contribution is -2.51. The number of amides is 3. The highest BCUT2D eigenvalue weighted by Gasteiger charge is 2.12. The van der Waals surface area contributed by atoms with Crippen molar-refractivity contribution >= 4 is 11.9 Å². The minimum Gasteiger partial charge on any atom is -0.325 e. The number of rotatable bonds is 2. The largest absolute Gasteiger partial charge is 0.329 e. The average Bonchev–Trinajstić information content (AvgIpc) is 2.02. The topological polar surface area (TPSA) is 122 Å². The summed E-state index contributed by atoms with van der Waals surface area (Å²) in [6, 6.07) is -1.34. The van der Waals surface area contributed by atoms with Crippen molar-refractivity contribution in [1.29, 1.82) is 0 Å². The predicted octanol–water partition coefficient (Wildman–Crippen LogP) is -2.46. The Labute approximate surface area is 63.4 Å². The fourth-order valence-electron chi connectivity index (χ4n) is 0.429. The van der Waals surface area contributed by atoms with Gasteiger partial charge in [-0.2, -0.15) is 0 Å². The van der Waals surface area contributed by atoms with Gasteiger partial charge in [0.05, 0.1) is 0 Å². The summed E-state index contributed by atoms with van der Waals surface area (Å²) in [4.78, 5) is 21.1. The summed E-state index contributed by atoms with van der Waals surface area (Å²) in [6.07, 6.45) is 0. The van der Waals surface area contributed by atoms with Crippen molar-refractivity contribution in [3.05, 3.63) is 0 Å². The first kappa shape index (κ1) is 9.66. The van der Waals surface area contributed by atoms with E-state index in [0.29, 0.717) is 0 Å². The van der Waals surface area contributed by atoms with Crippen LogP contribution in [0.25, 0.3) is 0 Å². The monoisotopic (exact) mass is 161 g/mol. The summed E-state index contributed by atoms with van der Waals surface area (Å²) in [7, 11) is 0. The molecule has 0 spiro atoms. The van der Waals surface area contributed by atoms with E-state index in [1.807, 2.05) is 5.43 Å². The molecule has 0 aromatic carbocycles. The van der Waals surface area contributed by atoms with E-state index in [0.717, 1.165) is 0 Å². The zero-order chi connectivity index (χ0) is 8.85. The molecule has 0 rings (SSSR count). The SMILES string of the molecule is CC(NC(=O)NN)C(=O)NN. The van der Waals surface area contributed by atoms with Crippen molar-refractivity contribution in [2.45, 2.75) is 13.0 Å². The Kier molecular flexibility index (Phi) is 3.93. The Bertz CT molecular complexity index is 159. The number of nitrogens with one attached hydrogen (secondary N) is 3. The number of urea groups is 1. The van der Waals surface area contributed by atoms with Gasteiger partial charge in [0.2, 0.25) is 0 Å². The zero-order valence-corrected chi connectivity index (χ0v) is 6.05. The van der Waals surface area contributed by atoms with Crippen LogP contribution < -0.4 is 27.9 Å². The van der Waals surface area contributed by atoms with Gasteiger partial charge in [0.15, 0.2) is 0 Å². The third-order valence-corrected chi connectivity index (χ3v) is 1.01. The van der Waals surface area contributed by atoms with Gasteiger partial charge in [-0.3, -0.25) is 15.6 Å². The standard InChI is InChI=1S/C4H11N5O2/c1-2(3(10)8-5)7-4(11)9-6/h2H,5-6H2,1H3,(H,8,10)(H2,7,9,11). The molecule has 0 aromatic rings. The number of hydrogen-bond acceptors (Lipinski definition) is 4. The van der Waals surface area contributed by atoms with Crippen LogP contribution in [0.1, 0.15) is 6.92 Å². The van der Waals surface area contributed by atoms with Crippen LogP contribution in [0.2, 0.25) is 0 Å². The number of carbonyl (C=O) groups excluding carboxylic acids is 2. The molecule has 7 nitrogen and oxygen atoms in total. The van der Waals surface area contributed by atoms with Crippen LogP contribution in [0.4, 0.5) is 4.79 Å². The quantitative estimate of drug-likeness (QED) is 0.175. The molecule has 0 fully saturated rings. The molecule has 64 valence electrons. The summed E-state index contributed by atoms with van der Waals surface area (Å²) >= 11 is 0. The molecular weight excluding hydrogens is 150 g/mol. The Morgan fingerprint density at radius 3 is 2.18 bits per heavy atom. The molecule has 7 N–H and O–H groups in total. The van der Waals surface area contributed by atoms with E-state index < -0.39 is 18.0 Å². The average molecular weight is 161 g/mol. The highest BCUT2D eigenvalue weighted by Crippen LogP contribution is 1.78.